The van der Waals surface area contributed by atoms with Crippen LogP contribution in [0.15, 0.2) is 0 Å². The molecule has 0 bridgehead atoms. The summed E-state index contributed by atoms with van der Waals surface area (Å²) in [5, 5.41) is 3.15. The number of hydrogen-bond donors (Lipinski definition) is 1. The van der Waals surface area contributed by atoms with Crippen molar-refractivity contribution >= 4 is 24.2 Å². The van der Waals surface area contributed by atoms with E-state index in [1.165, 1.54) is 0 Å². The number of amides is 2. The Labute approximate surface area is 126 Å². The standard InChI is InChI=1S/C14H23N3O2.ClH/c18-13-3-1-2-6-17(13)12-4-7-16(8-5-12)14(19)11-9-15-10-11;/h11-12,15H,1-10H2;1H. The molecule has 0 spiro atoms. The predicted octanol–water partition coefficient (Wildman–Crippen LogP) is 0.631. The molecule has 0 aromatic heterocycles. The Kier molecular flexibility index (Phi) is 5.27. The molecule has 0 unspecified atom stereocenters. The van der Waals surface area contributed by atoms with E-state index < -0.39 is 0 Å². The number of carbonyl (C=O) groups excluding carboxylic acids is 2. The lowest BCUT2D eigenvalue weighted by atomic mass is 9.96. The molecule has 5 nitrogen and oxygen atoms in total. The molecule has 6 heteroatoms. The molecule has 3 aliphatic heterocycles. The van der Waals surface area contributed by atoms with Crippen LogP contribution in [0.3, 0.4) is 0 Å². The summed E-state index contributed by atoms with van der Waals surface area (Å²) in [6, 6.07) is 0.372. The van der Waals surface area contributed by atoms with Gasteiger partial charge >= 0.3 is 0 Å². The first-order valence-corrected chi connectivity index (χ1v) is 7.54. The van der Waals surface area contributed by atoms with Gasteiger partial charge in [0.1, 0.15) is 0 Å². The van der Waals surface area contributed by atoms with Crippen molar-refractivity contribution in [3.63, 3.8) is 0 Å². The zero-order chi connectivity index (χ0) is 13.2. The van der Waals surface area contributed by atoms with Gasteiger partial charge in [0, 0.05) is 45.2 Å². The minimum atomic E-state index is 0. The highest BCUT2D eigenvalue weighted by Crippen LogP contribution is 2.23. The molecular formula is C14H24ClN3O2. The Morgan fingerprint density at radius 3 is 2.35 bits per heavy atom. The molecule has 3 fully saturated rings. The van der Waals surface area contributed by atoms with Gasteiger partial charge in [0.2, 0.25) is 11.8 Å². The van der Waals surface area contributed by atoms with Gasteiger partial charge in [-0.1, -0.05) is 0 Å². The van der Waals surface area contributed by atoms with Gasteiger partial charge in [0.15, 0.2) is 0 Å². The summed E-state index contributed by atoms with van der Waals surface area (Å²) >= 11 is 0. The molecule has 114 valence electrons. The number of halogens is 1. The molecule has 20 heavy (non-hydrogen) atoms. The van der Waals surface area contributed by atoms with Gasteiger partial charge < -0.3 is 15.1 Å². The van der Waals surface area contributed by atoms with Gasteiger partial charge in [0.05, 0.1) is 5.92 Å². The predicted molar refractivity (Wildman–Crippen MR) is 78.8 cm³/mol. The Morgan fingerprint density at radius 2 is 1.80 bits per heavy atom. The fraction of sp³-hybridized carbons (Fsp3) is 0.857. The fourth-order valence-corrected chi connectivity index (χ4v) is 3.33. The molecule has 1 N–H and O–H groups in total. The average Bonchev–Trinajstić information content (AvgIpc) is 2.37. The molecule has 3 heterocycles. The summed E-state index contributed by atoms with van der Waals surface area (Å²) < 4.78 is 0. The highest BCUT2D eigenvalue weighted by molar-refractivity contribution is 5.85. The molecule has 0 saturated carbocycles. The summed E-state index contributed by atoms with van der Waals surface area (Å²) in [5.41, 5.74) is 0. The van der Waals surface area contributed by atoms with E-state index in [1.54, 1.807) is 0 Å². The van der Waals surface area contributed by atoms with Crippen LogP contribution >= 0.6 is 12.4 Å². The molecule has 3 rings (SSSR count). The first-order valence-electron chi connectivity index (χ1n) is 7.54. The van der Waals surface area contributed by atoms with Crippen LogP contribution < -0.4 is 5.32 Å². The first-order chi connectivity index (χ1) is 9.25. The monoisotopic (exact) mass is 301 g/mol. The van der Waals surface area contributed by atoms with Gasteiger partial charge in [-0.25, -0.2) is 0 Å². The van der Waals surface area contributed by atoms with E-state index in [4.69, 9.17) is 0 Å². The van der Waals surface area contributed by atoms with Gasteiger partial charge in [-0.15, -0.1) is 12.4 Å². The van der Waals surface area contributed by atoms with Crippen LogP contribution in [0.4, 0.5) is 0 Å². The Morgan fingerprint density at radius 1 is 1.10 bits per heavy atom. The number of rotatable bonds is 2. The molecule has 0 radical (unpaired) electrons. The molecular weight excluding hydrogens is 278 g/mol. The van der Waals surface area contributed by atoms with E-state index in [9.17, 15) is 9.59 Å². The second-order valence-corrected chi connectivity index (χ2v) is 5.96. The lowest BCUT2D eigenvalue weighted by Crippen LogP contribution is -2.55. The number of hydrogen-bond acceptors (Lipinski definition) is 3. The summed E-state index contributed by atoms with van der Waals surface area (Å²) in [4.78, 5) is 28.1. The SMILES string of the molecule is Cl.O=C(C1CNC1)N1CCC(N2CCCCC2=O)CC1. The van der Waals surface area contributed by atoms with Gasteiger partial charge in [-0.2, -0.15) is 0 Å². The molecule has 0 aromatic rings. The van der Waals surface area contributed by atoms with Crippen molar-refractivity contribution in [2.45, 2.75) is 38.1 Å². The highest BCUT2D eigenvalue weighted by atomic mass is 35.5. The number of carbonyl (C=O) groups is 2. The number of likely N-dealkylation sites (tertiary alicyclic amines) is 2. The van der Waals surface area contributed by atoms with Crippen LogP contribution in [0.1, 0.15) is 32.1 Å². The summed E-state index contributed by atoms with van der Waals surface area (Å²) in [5.74, 6) is 0.828. The van der Waals surface area contributed by atoms with Crippen molar-refractivity contribution in [2.24, 2.45) is 5.92 Å². The van der Waals surface area contributed by atoms with Crippen LogP contribution in [0.25, 0.3) is 0 Å². The largest absolute Gasteiger partial charge is 0.342 e. The molecule has 3 aliphatic rings. The Balaban J connectivity index is 0.00000147. The van der Waals surface area contributed by atoms with Crippen LogP contribution in [-0.4, -0.2) is 60.4 Å². The number of nitrogens with zero attached hydrogens (tertiary/aromatic N) is 2. The van der Waals surface area contributed by atoms with E-state index in [-0.39, 0.29) is 18.3 Å². The van der Waals surface area contributed by atoms with Crippen molar-refractivity contribution in [3.8, 4) is 0 Å². The van der Waals surface area contributed by atoms with Crippen LogP contribution in [0, 0.1) is 5.92 Å². The number of piperidine rings is 2. The highest BCUT2D eigenvalue weighted by Gasteiger charge is 2.34. The molecule has 0 aliphatic carbocycles. The summed E-state index contributed by atoms with van der Waals surface area (Å²) in [6.07, 6.45) is 4.81. The third-order valence-electron chi connectivity index (χ3n) is 4.71. The van der Waals surface area contributed by atoms with Crippen molar-refractivity contribution in [1.29, 1.82) is 0 Å². The second kappa shape index (κ2) is 6.76. The van der Waals surface area contributed by atoms with E-state index >= 15 is 0 Å². The number of nitrogens with one attached hydrogen (secondary N) is 1. The van der Waals surface area contributed by atoms with Crippen LogP contribution in [-0.2, 0) is 9.59 Å². The minimum Gasteiger partial charge on any atom is -0.342 e. The topological polar surface area (TPSA) is 52.7 Å². The minimum absolute atomic E-state index is 0. The maximum Gasteiger partial charge on any atom is 0.228 e. The fourth-order valence-electron chi connectivity index (χ4n) is 3.33. The second-order valence-electron chi connectivity index (χ2n) is 5.96. The summed E-state index contributed by atoms with van der Waals surface area (Å²) in [6.45, 7) is 4.24. The van der Waals surface area contributed by atoms with E-state index in [1.807, 2.05) is 4.90 Å². The smallest absolute Gasteiger partial charge is 0.228 e. The molecule has 2 amide bonds. The lowest BCUT2D eigenvalue weighted by Gasteiger charge is -2.41. The maximum absolute atomic E-state index is 12.1. The molecule has 0 atom stereocenters. The normalized spacial score (nSPS) is 25.1. The van der Waals surface area contributed by atoms with Crippen molar-refractivity contribution in [2.75, 3.05) is 32.7 Å². The van der Waals surface area contributed by atoms with Crippen LogP contribution in [0.5, 0.6) is 0 Å². The molecule has 0 aromatic carbocycles. The van der Waals surface area contributed by atoms with Gasteiger partial charge in [-0.05, 0) is 25.7 Å². The van der Waals surface area contributed by atoms with E-state index in [0.717, 1.165) is 58.4 Å². The van der Waals surface area contributed by atoms with Gasteiger partial charge in [-0.3, -0.25) is 9.59 Å². The van der Waals surface area contributed by atoms with E-state index in [2.05, 4.69) is 10.2 Å². The lowest BCUT2D eigenvalue weighted by molar-refractivity contribution is -0.141. The Hall–Kier alpha value is -0.810. The van der Waals surface area contributed by atoms with Crippen LogP contribution in [0.2, 0.25) is 0 Å². The van der Waals surface area contributed by atoms with Gasteiger partial charge in [0.25, 0.3) is 0 Å². The molecule has 3 saturated heterocycles. The van der Waals surface area contributed by atoms with E-state index in [0.29, 0.717) is 24.3 Å². The summed E-state index contributed by atoms with van der Waals surface area (Å²) in [7, 11) is 0. The zero-order valence-electron chi connectivity index (χ0n) is 11.8. The quantitative estimate of drug-likeness (QED) is 0.814. The first kappa shape index (κ1) is 15.6. The van der Waals surface area contributed by atoms with Crippen molar-refractivity contribution in [3.05, 3.63) is 0 Å². The third kappa shape index (κ3) is 3.09. The van der Waals surface area contributed by atoms with Crippen molar-refractivity contribution < 1.29 is 9.59 Å². The zero-order valence-corrected chi connectivity index (χ0v) is 12.7. The van der Waals surface area contributed by atoms with Crippen molar-refractivity contribution in [1.82, 2.24) is 15.1 Å². The maximum atomic E-state index is 12.1. The third-order valence-corrected chi connectivity index (χ3v) is 4.71. The average molecular weight is 302 g/mol. The Bertz CT molecular complexity index is 365.